The average molecular weight is 314 g/mol. The fourth-order valence-electron chi connectivity index (χ4n) is 3.76. The van der Waals surface area contributed by atoms with Gasteiger partial charge in [0.2, 0.25) is 0 Å². The van der Waals surface area contributed by atoms with Gasteiger partial charge in [-0.2, -0.15) is 11.8 Å². The van der Waals surface area contributed by atoms with Crippen LogP contribution in [0.2, 0.25) is 0 Å². The molecule has 0 aliphatic carbocycles. The minimum Gasteiger partial charge on any atom is -0.465 e. The summed E-state index contributed by atoms with van der Waals surface area (Å²) in [6.07, 6.45) is 3.25. The molecule has 0 saturated carbocycles. The fourth-order valence-corrected chi connectivity index (χ4v) is 5.14. The van der Waals surface area contributed by atoms with E-state index in [0.717, 1.165) is 44.7 Å². The van der Waals surface area contributed by atoms with E-state index in [0.29, 0.717) is 19.2 Å². The molecule has 6 heteroatoms. The van der Waals surface area contributed by atoms with Gasteiger partial charge in [0.25, 0.3) is 0 Å². The smallest absolute Gasteiger partial charge is 0.324 e. The van der Waals surface area contributed by atoms with Crippen molar-refractivity contribution in [2.24, 2.45) is 0 Å². The molecule has 0 amide bonds. The highest BCUT2D eigenvalue weighted by molar-refractivity contribution is 7.99. The van der Waals surface area contributed by atoms with Crippen LogP contribution in [-0.2, 0) is 14.3 Å². The SMILES string of the molecule is CCOC(=O)C1CNCCN1C1CCOC2(CCSC2)C1. The summed E-state index contributed by atoms with van der Waals surface area (Å²) in [4.78, 5) is 14.6. The number of carbonyl (C=O) groups excluding carboxylic acids is 1. The standard InChI is InChI=1S/C15H26N2O3S/c1-2-19-14(18)13-10-16-5-6-17(13)12-3-7-20-15(9-12)4-8-21-11-15/h12-13,16H,2-11H2,1H3. The van der Waals surface area contributed by atoms with Gasteiger partial charge in [-0.25, -0.2) is 0 Å². The van der Waals surface area contributed by atoms with Crippen molar-refractivity contribution in [2.45, 2.75) is 43.9 Å². The molecule has 0 aromatic carbocycles. The van der Waals surface area contributed by atoms with Crippen LogP contribution in [0.4, 0.5) is 0 Å². The Bertz CT molecular complexity index is 374. The van der Waals surface area contributed by atoms with Crippen molar-refractivity contribution in [1.29, 1.82) is 0 Å². The number of hydrogen-bond acceptors (Lipinski definition) is 6. The minimum atomic E-state index is -0.132. The third-order valence-corrected chi connectivity index (χ3v) is 6.07. The van der Waals surface area contributed by atoms with Crippen LogP contribution in [0.3, 0.4) is 0 Å². The van der Waals surface area contributed by atoms with Gasteiger partial charge in [0.15, 0.2) is 0 Å². The molecule has 3 rings (SSSR count). The maximum Gasteiger partial charge on any atom is 0.324 e. The van der Waals surface area contributed by atoms with Crippen molar-refractivity contribution in [1.82, 2.24) is 10.2 Å². The van der Waals surface area contributed by atoms with E-state index in [9.17, 15) is 4.79 Å². The number of thioether (sulfide) groups is 1. The molecule has 1 spiro atoms. The average Bonchev–Trinajstić information content (AvgIpc) is 2.95. The van der Waals surface area contributed by atoms with Crippen LogP contribution in [0.15, 0.2) is 0 Å². The molecule has 120 valence electrons. The van der Waals surface area contributed by atoms with Gasteiger partial charge in [-0.15, -0.1) is 0 Å². The molecule has 3 heterocycles. The van der Waals surface area contributed by atoms with Crippen LogP contribution < -0.4 is 5.32 Å². The van der Waals surface area contributed by atoms with E-state index in [1.165, 1.54) is 5.75 Å². The van der Waals surface area contributed by atoms with E-state index < -0.39 is 0 Å². The van der Waals surface area contributed by atoms with Gasteiger partial charge in [0, 0.05) is 38.0 Å². The zero-order valence-corrected chi connectivity index (χ0v) is 13.6. The molecular formula is C15H26N2O3S. The number of ether oxygens (including phenoxy) is 2. The minimum absolute atomic E-state index is 0.0671. The molecule has 0 aromatic rings. The summed E-state index contributed by atoms with van der Waals surface area (Å²) in [7, 11) is 0. The largest absolute Gasteiger partial charge is 0.465 e. The summed E-state index contributed by atoms with van der Waals surface area (Å²) in [5.41, 5.74) is 0.0671. The van der Waals surface area contributed by atoms with Crippen molar-refractivity contribution in [3.63, 3.8) is 0 Å². The lowest BCUT2D eigenvalue weighted by Crippen LogP contribution is -2.61. The Hall–Kier alpha value is -0.300. The second kappa shape index (κ2) is 6.86. The second-order valence-electron chi connectivity index (χ2n) is 6.19. The zero-order valence-electron chi connectivity index (χ0n) is 12.8. The number of nitrogens with one attached hydrogen (secondary N) is 1. The number of piperazine rings is 1. The topological polar surface area (TPSA) is 50.8 Å². The van der Waals surface area contributed by atoms with Crippen LogP contribution in [0.1, 0.15) is 26.2 Å². The summed E-state index contributed by atoms with van der Waals surface area (Å²) in [6.45, 7) is 5.74. The molecule has 3 atom stereocenters. The Labute approximate surface area is 131 Å². The van der Waals surface area contributed by atoms with Crippen LogP contribution in [0.25, 0.3) is 0 Å². The number of carbonyl (C=O) groups is 1. The highest BCUT2D eigenvalue weighted by atomic mass is 32.2. The van der Waals surface area contributed by atoms with Gasteiger partial charge in [0.1, 0.15) is 6.04 Å². The van der Waals surface area contributed by atoms with E-state index in [2.05, 4.69) is 10.2 Å². The van der Waals surface area contributed by atoms with E-state index >= 15 is 0 Å². The highest BCUT2D eigenvalue weighted by Crippen LogP contribution is 2.40. The van der Waals surface area contributed by atoms with Gasteiger partial charge < -0.3 is 14.8 Å². The summed E-state index contributed by atoms with van der Waals surface area (Å²) in [5.74, 6) is 2.24. The predicted octanol–water partition coefficient (Wildman–Crippen LogP) is 0.878. The van der Waals surface area contributed by atoms with Gasteiger partial charge in [-0.1, -0.05) is 0 Å². The Morgan fingerprint density at radius 1 is 1.57 bits per heavy atom. The molecule has 21 heavy (non-hydrogen) atoms. The lowest BCUT2D eigenvalue weighted by Gasteiger charge is -2.46. The molecule has 3 unspecified atom stereocenters. The van der Waals surface area contributed by atoms with E-state index in [4.69, 9.17) is 9.47 Å². The first-order valence-corrected chi connectivity index (χ1v) is 9.24. The summed E-state index contributed by atoms with van der Waals surface area (Å²) < 4.78 is 11.4. The number of hydrogen-bond donors (Lipinski definition) is 1. The molecule has 3 aliphatic heterocycles. The molecule has 0 aromatic heterocycles. The molecule has 3 aliphatic rings. The van der Waals surface area contributed by atoms with Gasteiger partial charge in [-0.3, -0.25) is 9.69 Å². The van der Waals surface area contributed by atoms with E-state index in [1.54, 1.807) is 0 Å². The first-order valence-electron chi connectivity index (χ1n) is 8.09. The van der Waals surface area contributed by atoms with Crippen LogP contribution in [0, 0.1) is 0 Å². The molecular weight excluding hydrogens is 288 g/mol. The fraction of sp³-hybridized carbons (Fsp3) is 0.933. The predicted molar refractivity (Wildman–Crippen MR) is 83.6 cm³/mol. The highest BCUT2D eigenvalue weighted by Gasteiger charge is 2.44. The van der Waals surface area contributed by atoms with Gasteiger partial charge in [-0.05, 0) is 31.9 Å². The Morgan fingerprint density at radius 3 is 3.24 bits per heavy atom. The molecule has 5 nitrogen and oxygen atoms in total. The summed E-state index contributed by atoms with van der Waals surface area (Å²) in [6, 6.07) is 0.321. The quantitative estimate of drug-likeness (QED) is 0.781. The third kappa shape index (κ3) is 3.38. The van der Waals surface area contributed by atoms with Crippen molar-refractivity contribution < 1.29 is 14.3 Å². The Kier molecular flexibility index (Phi) is 5.09. The maximum absolute atomic E-state index is 12.2. The Morgan fingerprint density at radius 2 is 2.48 bits per heavy atom. The van der Waals surface area contributed by atoms with Crippen LogP contribution >= 0.6 is 11.8 Å². The molecule has 0 bridgehead atoms. The molecule has 0 radical (unpaired) electrons. The van der Waals surface area contributed by atoms with Gasteiger partial charge in [0.05, 0.1) is 12.2 Å². The number of nitrogens with zero attached hydrogens (tertiary/aromatic N) is 1. The molecule has 1 N–H and O–H groups in total. The molecule has 3 saturated heterocycles. The second-order valence-corrected chi connectivity index (χ2v) is 7.30. The van der Waals surface area contributed by atoms with E-state index in [-0.39, 0.29) is 17.6 Å². The number of esters is 1. The molecule has 3 fully saturated rings. The van der Waals surface area contributed by atoms with Crippen molar-refractivity contribution in [3.8, 4) is 0 Å². The lowest BCUT2D eigenvalue weighted by atomic mass is 9.88. The van der Waals surface area contributed by atoms with Crippen LogP contribution in [-0.4, -0.2) is 72.9 Å². The maximum atomic E-state index is 12.2. The van der Waals surface area contributed by atoms with Crippen LogP contribution in [0.5, 0.6) is 0 Å². The third-order valence-electron chi connectivity index (χ3n) is 4.85. The van der Waals surface area contributed by atoms with Gasteiger partial charge >= 0.3 is 5.97 Å². The monoisotopic (exact) mass is 314 g/mol. The Balaban J connectivity index is 1.69. The first kappa shape index (κ1) is 15.6. The summed E-state index contributed by atoms with van der Waals surface area (Å²) in [5, 5.41) is 3.33. The normalized spacial score (nSPS) is 37.8. The van der Waals surface area contributed by atoms with E-state index in [1.807, 2.05) is 18.7 Å². The van der Waals surface area contributed by atoms with Crippen molar-refractivity contribution in [3.05, 3.63) is 0 Å². The van der Waals surface area contributed by atoms with Crippen molar-refractivity contribution in [2.75, 3.05) is 44.4 Å². The lowest BCUT2D eigenvalue weighted by molar-refractivity contribution is -0.155. The zero-order chi connectivity index (χ0) is 14.7. The first-order chi connectivity index (χ1) is 10.2. The van der Waals surface area contributed by atoms with Crippen molar-refractivity contribution >= 4 is 17.7 Å². The number of rotatable bonds is 3. The summed E-state index contributed by atoms with van der Waals surface area (Å²) >= 11 is 2.00.